The van der Waals surface area contributed by atoms with Crippen LogP contribution in [-0.4, -0.2) is 18.3 Å². The number of ether oxygens (including phenoxy) is 1. The van der Waals surface area contributed by atoms with Crippen molar-refractivity contribution in [3.8, 4) is 11.5 Å². The van der Waals surface area contributed by atoms with Gasteiger partial charge in [-0.15, -0.1) is 11.8 Å². The van der Waals surface area contributed by atoms with Gasteiger partial charge in [0.1, 0.15) is 11.5 Å². The third kappa shape index (κ3) is 3.78. The summed E-state index contributed by atoms with van der Waals surface area (Å²) in [4.78, 5) is 1.30. The molecule has 0 aromatic heterocycles. The van der Waals surface area contributed by atoms with E-state index in [1.54, 1.807) is 0 Å². The molecule has 3 heteroatoms. The molecule has 1 atom stereocenters. The van der Waals surface area contributed by atoms with Gasteiger partial charge in [0, 0.05) is 16.7 Å². The van der Waals surface area contributed by atoms with E-state index < -0.39 is 0 Å². The molecule has 0 saturated carbocycles. The minimum absolute atomic E-state index is 0.681. The lowest BCUT2D eigenvalue weighted by Crippen LogP contribution is -2.23. The Hall–Kier alpha value is -1.45. The van der Waals surface area contributed by atoms with Crippen LogP contribution in [0.3, 0.4) is 0 Å². The standard InChI is InChI=1S/C17H19NOS/c1-2-6-15(7-3-1)19-16-8-10-17(11-9-16)20-13-14-5-4-12-18-14/h1-3,6-11,14,18H,4-5,12-13H2/t14-/m1/s1. The lowest BCUT2D eigenvalue weighted by atomic mass is 10.3. The van der Waals surface area contributed by atoms with Crippen molar-refractivity contribution in [2.75, 3.05) is 12.3 Å². The highest BCUT2D eigenvalue weighted by molar-refractivity contribution is 7.99. The molecule has 1 aliphatic heterocycles. The highest BCUT2D eigenvalue weighted by Gasteiger charge is 2.13. The molecular weight excluding hydrogens is 266 g/mol. The van der Waals surface area contributed by atoms with E-state index in [0.717, 1.165) is 17.3 Å². The van der Waals surface area contributed by atoms with Crippen LogP contribution in [0.1, 0.15) is 12.8 Å². The molecule has 1 saturated heterocycles. The predicted molar refractivity (Wildman–Crippen MR) is 84.7 cm³/mol. The van der Waals surface area contributed by atoms with Crippen LogP contribution in [0.5, 0.6) is 11.5 Å². The molecule has 1 fully saturated rings. The molecule has 0 spiro atoms. The highest BCUT2D eigenvalue weighted by Crippen LogP contribution is 2.26. The Bertz CT molecular complexity index is 520. The maximum absolute atomic E-state index is 5.79. The Balaban J connectivity index is 1.54. The number of hydrogen-bond donors (Lipinski definition) is 1. The molecule has 0 radical (unpaired) electrons. The molecule has 20 heavy (non-hydrogen) atoms. The van der Waals surface area contributed by atoms with Crippen molar-refractivity contribution in [2.45, 2.75) is 23.8 Å². The smallest absolute Gasteiger partial charge is 0.127 e. The zero-order chi connectivity index (χ0) is 13.6. The second-order valence-electron chi connectivity index (χ2n) is 4.99. The summed E-state index contributed by atoms with van der Waals surface area (Å²) in [6.07, 6.45) is 2.62. The molecule has 0 aliphatic carbocycles. The fourth-order valence-corrected chi connectivity index (χ4v) is 3.33. The van der Waals surface area contributed by atoms with Crippen LogP contribution in [0.4, 0.5) is 0 Å². The van der Waals surface area contributed by atoms with Gasteiger partial charge in [-0.25, -0.2) is 0 Å². The molecule has 2 aromatic carbocycles. The van der Waals surface area contributed by atoms with E-state index in [1.165, 1.54) is 24.3 Å². The maximum atomic E-state index is 5.79. The van der Waals surface area contributed by atoms with E-state index >= 15 is 0 Å². The second-order valence-corrected chi connectivity index (χ2v) is 6.08. The molecule has 0 amide bonds. The second kappa shape index (κ2) is 6.82. The summed E-state index contributed by atoms with van der Waals surface area (Å²) in [5.41, 5.74) is 0. The Morgan fingerprint density at radius 3 is 2.45 bits per heavy atom. The molecular formula is C17H19NOS. The van der Waals surface area contributed by atoms with Crippen molar-refractivity contribution in [3.05, 3.63) is 54.6 Å². The first-order valence-corrected chi connectivity index (χ1v) is 8.08. The lowest BCUT2D eigenvalue weighted by molar-refractivity contribution is 0.482. The molecule has 1 aliphatic rings. The van der Waals surface area contributed by atoms with E-state index in [4.69, 9.17) is 4.74 Å². The van der Waals surface area contributed by atoms with Crippen LogP contribution in [0, 0.1) is 0 Å². The van der Waals surface area contributed by atoms with Gasteiger partial charge < -0.3 is 10.1 Å². The fourth-order valence-electron chi connectivity index (χ4n) is 2.32. The zero-order valence-electron chi connectivity index (χ0n) is 11.4. The quantitative estimate of drug-likeness (QED) is 0.827. The Morgan fingerprint density at radius 2 is 1.75 bits per heavy atom. The van der Waals surface area contributed by atoms with Gasteiger partial charge in [-0.3, -0.25) is 0 Å². The summed E-state index contributed by atoms with van der Waals surface area (Å²) < 4.78 is 5.79. The predicted octanol–water partition coefficient (Wildman–Crippen LogP) is 4.32. The third-order valence-electron chi connectivity index (χ3n) is 3.42. The summed E-state index contributed by atoms with van der Waals surface area (Å²) in [5, 5.41) is 3.53. The molecule has 3 rings (SSSR count). The largest absolute Gasteiger partial charge is 0.457 e. The number of thioether (sulfide) groups is 1. The highest BCUT2D eigenvalue weighted by atomic mass is 32.2. The summed E-state index contributed by atoms with van der Waals surface area (Å²) in [6, 6.07) is 18.9. The van der Waals surface area contributed by atoms with Gasteiger partial charge in [-0.05, 0) is 55.8 Å². The number of hydrogen-bond acceptors (Lipinski definition) is 3. The van der Waals surface area contributed by atoms with Gasteiger partial charge in [0.15, 0.2) is 0 Å². The van der Waals surface area contributed by atoms with Gasteiger partial charge in [0.05, 0.1) is 0 Å². The molecule has 104 valence electrons. The van der Waals surface area contributed by atoms with Gasteiger partial charge in [0.25, 0.3) is 0 Å². The van der Waals surface area contributed by atoms with E-state index in [2.05, 4.69) is 17.4 Å². The van der Waals surface area contributed by atoms with Crippen LogP contribution in [0.25, 0.3) is 0 Å². The normalized spacial score (nSPS) is 18.1. The van der Waals surface area contributed by atoms with Crippen LogP contribution >= 0.6 is 11.8 Å². The van der Waals surface area contributed by atoms with Crippen LogP contribution in [-0.2, 0) is 0 Å². The first-order chi connectivity index (χ1) is 9.90. The molecule has 1 heterocycles. The van der Waals surface area contributed by atoms with E-state index in [1.807, 2.05) is 54.2 Å². The first kappa shape index (κ1) is 13.5. The summed E-state index contributed by atoms with van der Waals surface area (Å²) in [5.74, 6) is 2.92. The minimum atomic E-state index is 0.681. The Labute approximate surface area is 124 Å². The number of rotatable bonds is 5. The summed E-state index contributed by atoms with van der Waals surface area (Å²) in [7, 11) is 0. The Kier molecular flexibility index (Phi) is 4.61. The molecule has 2 aromatic rings. The Morgan fingerprint density at radius 1 is 1.00 bits per heavy atom. The van der Waals surface area contributed by atoms with E-state index in [-0.39, 0.29) is 0 Å². The number of para-hydroxylation sites is 1. The molecule has 2 nitrogen and oxygen atoms in total. The minimum Gasteiger partial charge on any atom is -0.457 e. The number of benzene rings is 2. The van der Waals surface area contributed by atoms with Crippen molar-refractivity contribution in [1.82, 2.24) is 5.32 Å². The van der Waals surface area contributed by atoms with E-state index in [0.29, 0.717) is 6.04 Å². The zero-order valence-corrected chi connectivity index (χ0v) is 12.2. The van der Waals surface area contributed by atoms with Crippen molar-refractivity contribution in [1.29, 1.82) is 0 Å². The monoisotopic (exact) mass is 285 g/mol. The van der Waals surface area contributed by atoms with E-state index in [9.17, 15) is 0 Å². The van der Waals surface area contributed by atoms with Gasteiger partial charge in [0.2, 0.25) is 0 Å². The average molecular weight is 285 g/mol. The summed E-state index contributed by atoms with van der Waals surface area (Å²) >= 11 is 1.91. The third-order valence-corrected chi connectivity index (χ3v) is 4.59. The first-order valence-electron chi connectivity index (χ1n) is 7.09. The molecule has 0 unspecified atom stereocenters. The van der Waals surface area contributed by atoms with Gasteiger partial charge in [-0.1, -0.05) is 18.2 Å². The van der Waals surface area contributed by atoms with Crippen molar-refractivity contribution in [3.63, 3.8) is 0 Å². The van der Waals surface area contributed by atoms with Gasteiger partial charge >= 0.3 is 0 Å². The van der Waals surface area contributed by atoms with Crippen LogP contribution in [0.15, 0.2) is 59.5 Å². The van der Waals surface area contributed by atoms with Crippen molar-refractivity contribution < 1.29 is 4.74 Å². The number of nitrogens with one attached hydrogen (secondary N) is 1. The summed E-state index contributed by atoms with van der Waals surface area (Å²) in [6.45, 7) is 1.18. The van der Waals surface area contributed by atoms with Crippen molar-refractivity contribution >= 4 is 11.8 Å². The average Bonchev–Trinajstić information content (AvgIpc) is 3.01. The van der Waals surface area contributed by atoms with Crippen LogP contribution < -0.4 is 10.1 Å². The molecule has 0 bridgehead atoms. The van der Waals surface area contributed by atoms with Crippen molar-refractivity contribution in [2.24, 2.45) is 0 Å². The fraction of sp³-hybridized carbons (Fsp3) is 0.294. The SMILES string of the molecule is c1ccc(Oc2ccc(SC[C@H]3CCCN3)cc2)cc1. The lowest BCUT2D eigenvalue weighted by Gasteiger charge is -2.10. The van der Waals surface area contributed by atoms with Crippen LogP contribution in [0.2, 0.25) is 0 Å². The topological polar surface area (TPSA) is 21.3 Å². The molecule has 1 N–H and O–H groups in total. The maximum Gasteiger partial charge on any atom is 0.127 e. The van der Waals surface area contributed by atoms with Gasteiger partial charge in [-0.2, -0.15) is 0 Å².